The first-order valence-electron chi connectivity index (χ1n) is 8.47. The quantitative estimate of drug-likeness (QED) is 0.731. The van der Waals surface area contributed by atoms with Crippen molar-refractivity contribution in [3.63, 3.8) is 0 Å². The van der Waals surface area contributed by atoms with Gasteiger partial charge >= 0.3 is 0 Å². The van der Waals surface area contributed by atoms with Gasteiger partial charge in [0.1, 0.15) is 18.2 Å². The fraction of sp³-hybridized carbons (Fsp3) is 0.421. The number of carbonyl (C=O) groups is 1. The standard InChI is InChI=1S/C19H22FNO3S/c1-14-8-13-25-18(14)19(22)21-9-6-17(7-10-21)24-12-11-23-16-4-2-15(20)3-5-16/h2-5,8,13,17H,6-7,9-12H2,1H3. The molecule has 1 saturated heterocycles. The van der Waals surface area contributed by atoms with Crippen molar-refractivity contribution in [1.29, 1.82) is 0 Å². The van der Waals surface area contributed by atoms with Gasteiger partial charge in [0, 0.05) is 13.1 Å². The average molecular weight is 363 g/mol. The largest absolute Gasteiger partial charge is 0.491 e. The average Bonchev–Trinajstić information content (AvgIpc) is 3.06. The van der Waals surface area contributed by atoms with Crippen molar-refractivity contribution in [2.75, 3.05) is 26.3 Å². The first kappa shape index (κ1) is 17.9. The van der Waals surface area contributed by atoms with Crippen LogP contribution in [0.5, 0.6) is 5.75 Å². The molecule has 0 aliphatic carbocycles. The van der Waals surface area contributed by atoms with Crippen LogP contribution in [0.1, 0.15) is 28.1 Å². The molecule has 0 radical (unpaired) electrons. The first-order chi connectivity index (χ1) is 12.1. The van der Waals surface area contributed by atoms with E-state index in [0.29, 0.717) is 19.0 Å². The van der Waals surface area contributed by atoms with Gasteiger partial charge in [-0.2, -0.15) is 0 Å². The van der Waals surface area contributed by atoms with Crippen molar-refractivity contribution in [3.8, 4) is 5.75 Å². The molecule has 134 valence electrons. The molecule has 0 saturated carbocycles. The molecule has 0 spiro atoms. The molecule has 0 unspecified atom stereocenters. The van der Waals surface area contributed by atoms with Crippen LogP contribution in [0.3, 0.4) is 0 Å². The van der Waals surface area contributed by atoms with Crippen LogP contribution in [0.4, 0.5) is 4.39 Å². The molecule has 25 heavy (non-hydrogen) atoms. The summed E-state index contributed by atoms with van der Waals surface area (Å²) in [6.45, 7) is 4.33. The number of benzene rings is 1. The van der Waals surface area contributed by atoms with E-state index in [9.17, 15) is 9.18 Å². The Morgan fingerprint density at radius 1 is 1.20 bits per heavy atom. The minimum atomic E-state index is -0.275. The summed E-state index contributed by atoms with van der Waals surface area (Å²) in [5, 5.41) is 1.96. The molecule has 2 aromatic rings. The Bertz CT molecular complexity index is 693. The first-order valence-corrected chi connectivity index (χ1v) is 9.35. The molecule has 1 aromatic carbocycles. The maximum Gasteiger partial charge on any atom is 0.264 e. The van der Waals surface area contributed by atoms with E-state index >= 15 is 0 Å². The van der Waals surface area contributed by atoms with Crippen LogP contribution < -0.4 is 4.74 Å². The van der Waals surface area contributed by atoms with Gasteiger partial charge in [0.25, 0.3) is 5.91 Å². The van der Waals surface area contributed by atoms with Crippen LogP contribution in [0, 0.1) is 12.7 Å². The van der Waals surface area contributed by atoms with Crippen molar-refractivity contribution in [1.82, 2.24) is 4.90 Å². The normalized spacial score (nSPS) is 15.4. The summed E-state index contributed by atoms with van der Waals surface area (Å²) in [6, 6.07) is 7.93. The topological polar surface area (TPSA) is 38.8 Å². The zero-order valence-electron chi connectivity index (χ0n) is 14.2. The molecule has 0 atom stereocenters. The molecule has 1 amide bonds. The predicted octanol–water partition coefficient (Wildman–Crippen LogP) is 3.90. The van der Waals surface area contributed by atoms with Gasteiger partial charge in [-0.15, -0.1) is 11.3 Å². The number of hydrogen-bond donors (Lipinski definition) is 0. The molecular weight excluding hydrogens is 341 g/mol. The summed E-state index contributed by atoms with van der Waals surface area (Å²) in [7, 11) is 0. The minimum Gasteiger partial charge on any atom is -0.491 e. The lowest BCUT2D eigenvalue weighted by Gasteiger charge is -2.31. The van der Waals surface area contributed by atoms with Gasteiger partial charge in [0.05, 0.1) is 17.6 Å². The maximum atomic E-state index is 12.8. The number of nitrogens with zero attached hydrogens (tertiary/aromatic N) is 1. The number of carbonyl (C=O) groups excluding carboxylic acids is 1. The van der Waals surface area contributed by atoms with E-state index in [1.807, 2.05) is 23.3 Å². The van der Waals surface area contributed by atoms with Gasteiger partial charge in [-0.3, -0.25) is 4.79 Å². The Morgan fingerprint density at radius 3 is 2.56 bits per heavy atom. The summed E-state index contributed by atoms with van der Waals surface area (Å²) in [4.78, 5) is 15.2. The van der Waals surface area contributed by atoms with Crippen LogP contribution in [0.25, 0.3) is 0 Å². The molecule has 1 fully saturated rings. The number of thiophene rings is 1. The molecule has 0 bridgehead atoms. The molecule has 1 aromatic heterocycles. The lowest BCUT2D eigenvalue weighted by Crippen LogP contribution is -2.41. The second-order valence-electron chi connectivity index (χ2n) is 6.10. The lowest BCUT2D eigenvalue weighted by molar-refractivity contribution is -0.00230. The molecular formula is C19H22FNO3S. The van der Waals surface area contributed by atoms with Crippen molar-refractivity contribution >= 4 is 17.2 Å². The van der Waals surface area contributed by atoms with Gasteiger partial charge in [-0.25, -0.2) is 4.39 Å². The molecule has 4 nitrogen and oxygen atoms in total. The third kappa shape index (κ3) is 4.80. The third-order valence-corrected chi connectivity index (χ3v) is 5.31. The summed E-state index contributed by atoms with van der Waals surface area (Å²) >= 11 is 1.51. The van der Waals surface area contributed by atoms with Crippen LogP contribution in [0.15, 0.2) is 35.7 Å². The number of likely N-dealkylation sites (tertiary alicyclic amines) is 1. The molecule has 0 N–H and O–H groups in total. The Labute approximate surface area is 151 Å². The number of rotatable bonds is 6. The lowest BCUT2D eigenvalue weighted by atomic mass is 10.1. The van der Waals surface area contributed by atoms with Gasteiger partial charge < -0.3 is 14.4 Å². The van der Waals surface area contributed by atoms with Gasteiger partial charge in [0.2, 0.25) is 0 Å². The molecule has 2 heterocycles. The van der Waals surface area contributed by atoms with E-state index in [1.54, 1.807) is 12.1 Å². The highest BCUT2D eigenvalue weighted by atomic mass is 32.1. The van der Waals surface area contributed by atoms with Gasteiger partial charge in [-0.05, 0) is 61.0 Å². The summed E-state index contributed by atoms with van der Waals surface area (Å²) in [5.74, 6) is 0.491. The Balaban J connectivity index is 1.36. The Morgan fingerprint density at radius 2 is 1.92 bits per heavy atom. The number of halogens is 1. The van der Waals surface area contributed by atoms with E-state index in [2.05, 4.69) is 0 Å². The smallest absolute Gasteiger partial charge is 0.264 e. The third-order valence-electron chi connectivity index (χ3n) is 4.30. The predicted molar refractivity (Wildman–Crippen MR) is 95.8 cm³/mol. The van der Waals surface area contributed by atoms with Crippen molar-refractivity contribution in [3.05, 3.63) is 52.0 Å². The van der Waals surface area contributed by atoms with Crippen LogP contribution in [-0.2, 0) is 4.74 Å². The van der Waals surface area contributed by atoms with Crippen molar-refractivity contribution < 1.29 is 18.7 Å². The summed E-state index contributed by atoms with van der Waals surface area (Å²) < 4.78 is 24.2. The second-order valence-corrected chi connectivity index (χ2v) is 7.01. The van der Waals surface area contributed by atoms with Crippen LogP contribution in [0.2, 0.25) is 0 Å². The zero-order chi connectivity index (χ0) is 17.6. The highest BCUT2D eigenvalue weighted by Crippen LogP contribution is 2.21. The molecule has 6 heteroatoms. The monoisotopic (exact) mass is 363 g/mol. The van der Waals surface area contributed by atoms with E-state index in [-0.39, 0.29) is 17.8 Å². The van der Waals surface area contributed by atoms with E-state index < -0.39 is 0 Å². The number of hydrogen-bond acceptors (Lipinski definition) is 4. The number of ether oxygens (including phenoxy) is 2. The second kappa shape index (κ2) is 8.45. The van der Waals surface area contributed by atoms with E-state index in [4.69, 9.17) is 9.47 Å². The number of piperidine rings is 1. The van der Waals surface area contributed by atoms with Crippen LogP contribution in [-0.4, -0.2) is 43.2 Å². The molecule has 1 aliphatic rings. The number of amides is 1. The van der Waals surface area contributed by atoms with Crippen molar-refractivity contribution in [2.45, 2.75) is 25.9 Å². The number of aryl methyl sites for hydroxylation is 1. The summed E-state index contributed by atoms with van der Waals surface area (Å²) in [5.41, 5.74) is 1.05. The van der Waals surface area contributed by atoms with Crippen LogP contribution >= 0.6 is 11.3 Å². The SMILES string of the molecule is Cc1ccsc1C(=O)N1CCC(OCCOc2ccc(F)cc2)CC1. The van der Waals surface area contributed by atoms with Gasteiger partial charge in [0.15, 0.2) is 0 Å². The molecule has 1 aliphatic heterocycles. The highest BCUT2D eigenvalue weighted by Gasteiger charge is 2.25. The van der Waals surface area contributed by atoms with E-state index in [0.717, 1.165) is 36.4 Å². The van der Waals surface area contributed by atoms with Crippen molar-refractivity contribution in [2.24, 2.45) is 0 Å². The van der Waals surface area contributed by atoms with E-state index in [1.165, 1.54) is 23.5 Å². The Hall–Kier alpha value is -1.92. The fourth-order valence-electron chi connectivity index (χ4n) is 2.87. The minimum absolute atomic E-state index is 0.130. The fourth-order valence-corrected chi connectivity index (χ4v) is 3.76. The zero-order valence-corrected chi connectivity index (χ0v) is 15.1. The Kier molecular flexibility index (Phi) is 6.04. The highest BCUT2D eigenvalue weighted by molar-refractivity contribution is 7.12. The van der Waals surface area contributed by atoms with Gasteiger partial charge in [-0.1, -0.05) is 0 Å². The summed E-state index contributed by atoms with van der Waals surface area (Å²) in [6.07, 6.45) is 1.84. The molecule has 3 rings (SSSR count). The maximum absolute atomic E-state index is 12.8.